The van der Waals surface area contributed by atoms with Crippen LogP contribution in [0, 0.1) is 0 Å². The summed E-state index contributed by atoms with van der Waals surface area (Å²) in [5.74, 6) is 0.324. The van der Waals surface area contributed by atoms with Crippen LogP contribution in [0.2, 0.25) is 0 Å². The highest BCUT2D eigenvalue weighted by Crippen LogP contribution is 2.26. The fourth-order valence-electron chi connectivity index (χ4n) is 3.37. The average Bonchev–Trinajstić information content (AvgIpc) is 3.32. The first-order valence-electron chi connectivity index (χ1n) is 11.8. The second-order valence-corrected chi connectivity index (χ2v) is 9.41. The SMILES string of the molecule is CC.CC(C)(O)C(F)CNC(=O)c1cnc(Nc2ccc3ncsc3n2)cc1NC1CCOCC1F. The Morgan fingerprint density at radius 1 is 1.31 bits per heavy atom. The number of anilines is 3. The van der Waals surface area contributed by atoms with Gasteiger partial charge in [-0.15, -0.1) is 11.3 Å². The summed E-state index contributed by atoms with van der Waals surface area (Å²) in [6.07, 6.45) is -1.17. The number of nitrogens with zero attached hydrogens (tertiary/aromatic N) is 3. The number of alkyl halides is 2. The Morgan fingerprint density at radius 3 is 2.81 bits per heavy atom. The fourth-order valence-corrected chi connectivity index (χ4v) is 4.03. The summed E-state index contributed by atoms with van der Waals surface area (Å²) < 4.78 is 33.7. The van der Waals surface area contributed by atoms with Crippen LogP contribution in [0.1, 0.15) is 44.5 Å². The number of hydrogen-bond acceptors (Lipinski definition) is 9. The van der Waals surface area contributed by atoms with Crippen LogP contribution in [0.3, 0.4) is 0 Å². The number of carbonyl (C=O) groups is 1. The monoisotopic (exact) mass is 522 g/mol. The van der Waals surface area contributed by atoms with Crippen molar-refractivity contribution in [1.82, 2.24) is 20.3 Å². The van der Waals surface area contributed by atoms with E-state index in [9.17, 15) is 18.7 Å². The predicted octanol–water partition coefficient (Wildman–Crippen LogP) is 4.23. The fraction of sp³-hybridized carbons (Fsp3) is 0.500. The van der Waals surface area contributed by atoms with Gasteiger partial charge in [-0.2, -0.15) is 0 Å². The molecule has 3 unspecified atom stereocenters. The van der Waals surface area contributed by atoms with Gasteiger partial charge in [0.25, 0.3) is 5.91 Å². The topological polar surface area (TPSA) is 121 Å². The number of ether oxygens (including phenoxy) is 1. The maximum absolute atomic E-state index is 14.4. The molecule has 4 N–H and O–H groups in total. The van der Waals surface area contributed by atoms with Crippen LogP contribution in [0.4, 0.5) is 26.1 Å². The number of hydrogen-bond donors (Lipinski definition) is 4. The Hall–Kier alpha value is -2.96. The van der Waals surface area contributed by atoms with Crippen LogP contribution < -0.4 is 16.0 Å². The lowest BCUT2D eigenvalue weighted by Gasteiger charge is -2.28. The largest absolute Gasteiger partial charge is 0.387 e. The lowest BCUT2D eigenvalue weighted by atomic mass is 10.0. The third kappa shape index (κ3) is 7.05. The molecule has 4 heterocycles. The van der Waals surface area contributed by atoms with Gasteiger partial charge in [0.15, 0.2) is 0 Å². The minimum atomic E-state index is -1.67. The van der Waals surface area contributed by atoms with Gasteiger partial charge < -0.3 is 25.8 Å². The molecule has 1 fully saturated rings. The van der Waals surface area contributed by atoms with Crippen LogP contribution in [0.5, 0.6) is 0 Å². The molecular formula is C24H32F2N6O3S. The summed E-state index contributed by atoms with van der Waals surface area (Å²) in [7, 11) is 0. The van der Waals surface area contributed by atoms with Crippen molar-refractivity contribution in [1.29, 1.82) is 0 Å². The summed E-state index contributed by atoms with van der Waals surface area (Å²) in [5.41, 5.74) is 1.34. The van der Waals surface area contributed by atoms with Gasteiger partial charge in [-0.1, -0.05) is 13.8 Å². The van der Waals surface area contributed by atoms with Crippen molar-refractivity contribution in [3.63, 3.8) is 0 Å². The third-order valence-electron chi connectivity index (χ3n) is 5.44. The van der Waals surface area contributed by atoms with E-state index in [1.165, 1.54) is 31.4 Å². The Labute approximate surface area is 212 Å². The molecular weight excluding hydrogens is 490 g/mol. The van der Waals surface area contributed by atoms with Gasteiger partial charge in [-0.3, -0.25) is 4.79 Å². The third-order valence-corrected chi connectivity index (χ3v) is 6.17. The van der Waals surface area contributed by atoms with Crippen molar-refractivity contribution in [3.05, 3.63) is 35.5 Å². The molecule has 1 aliphatic heterocycles. The molecule has 1 amide bonds. The van der Waals surface area contributed by atoms with Crippen LogP contribution >= 0.6 is 11.3 Å². The first kappa shape index (κ1) is 27.6. The van der Waals surface area contributed by atoms with E-state index in [2.05, 4.69) is 30.9 Å². The lowest BCUT2D eigenvalue weighted by molar-refractivity contribution is -0.00177. The first-order chi connectivity index (χ1) is 17.2. The predicted molar refractivity (Wildman–Crippen MR) is 138 cm³/mol. The van der Waals surface area contributed by atoms with Crippen LogP contribution in [-0.4, -0.2) is 69.7 Å². The standard InChI is InChI=1S/C22H26F2N6O3S.C2H6/c1-22(2,32)17(24)9-26-20(31)12-8-25-19(7-16(12)28-14-5-6-33-10-13(14)23)29-18-4-3-15-21(30-18)34-11-27-15;1-2/h3-4,7-8,11,13-14,17,32H,5-6,9-10H2,1-2H3,(H,26,31)(H2,25,28,29,30);1-2H3. The molecule has 0 spiro atoms. The molecule has 0 saturated carbocycles. The number of carbonyl (C=O) groups excluding carboxylic acids is 1. The van der Waals surface area contributed by atoms with E-state index in [0.29, 0.717) is 30.4 Å². The zero-order valence-corrected chi connectivity index (χ0v) is 21.5. The van der Waals surface area contributed by atoms with E-state index in [4.69, 9.17) is 4.74 Å². The van der Waals surface area contributed by atoms with Crippen molar-refractivity contribution in [2.75, 3.05) is 30.4 Å². The number of thiazole rings is 1. The van der Waals surface area contributed by atoms with Crippen LogP contribution in [0.15, 0.2) is 29.9 Å². The average molecular weight is 523 g/mol. The zero-order valence-electron chi connectivity index (χ0n) is 20.7. The van der Waals surface area contributed by atoms with Gasteiger partial charge in [-0.05, 0) is 32.4 Å². The van der Waals surface area contributed by atoms with E-state index < -0.39 is 29.9 Å². The number of nitrogens with one attached hydrogen (secondary N) is 3. The molecule has 0 bridgehead atoms. The van der Waals surface area contributed by atoms with E-state index in [1.54, 1.807) is 17.6 Å². The second-order valence-electron chi connectivity index (χ2n) is 8.57. The van der Waals surface area contributed by atoms with E-state index in [-0.39, 0.29) is 18.7 Å². The molecule has 0 radical (unpaired) electrons. The maximum Gasteiger partial charge on any atom is 0.255 e. The number of halogens is 2. The molecule has 0 aromatic carbocycles. The van der Waals surface area contributed by atoms with Gasteiger partial charge >= 0.3 is 0 Å². The van der Waals surface area contributed by atoms with Crippen molar-refractivity contribution >= 4 is 44.9 Å². The molecule has 1 saturated heterocycles. The van der Waals surface area contributed by atoms with Crippen molar-refractivity contribution in [2.24, 2.45) is 0 Å². The van der Waals surface area contributed by atoms with Gasteiger partial charge in [0.1, 0.15) is 34.3 Å². The normalized spacial score (nSPS) is 18.6. The maximum atomic E-state index is 14.4. The Bertz CT molecular complexity index is 1160. The van der Waals surface area contributed by atoms with Gasteiger partial charge in [0.05, 0.1) is 41.6 Å². The number of pyridine rings is 2. The molecule has 12 heteroatoms. The van der Waals surface area contributed by atoms with Crippen molar-refractivity contribution in [2.45, 2.75) is 58.1 Å². The first-order valence-corrected chi connectivity index (χ1v) is 12.7. The lowest BCUT2D eigenvalue weighted by Crippen LogP contribution is -2.42. The molecule has 4 rings (SSSR count). The minimum Gasteiger partial charge on any atom is -0.387 e. The summed E-state index contributed by atoms with van der Waals surface area (Å²) in [5, 5.41) is 18.4. The summed E-state index contributed by atoms with van der Waals surface area (Å²) in [6, 6.07) is 4.60. The summed E-state index contributed by atoms with van der Waals surface area (Å²) >= 11 is 1.40. The minimum absolute atomic E-state index is 0.0384. The molecule has 1 aliphatic rings. The van der Waals surface area contributed by atoms with Crippen LogP contribution in [-0.2, 0) is 4.74 Å². The molecule has 196 valence electrons. The number of aliphatic hydroxyl groups is 1. The number of fused-ring (bicyclic) bond motifs is 1. The second kappa shape index (κ2) is 12.3. The highest BCUT2D eigenvalue weighted by atomic mass is 32.1. The molecule has 3 aromatic rings. The molecule has 0 aliphatic carbocycles. The number of amides is 1. The van der Waals surface area contributed by atoms with E-state index in [1.807, 2.05) is 19.9 Å². The number of aromatic nitrogens is 3. The highest BCUT2D eigenvalue weighted by Gasteiger charge is 2.29. The van der Waals surface area contributed by atoms with E-state index >= 15 is 0 Å². The molecule has 3 aromatic heterocycles. The molecule has 36 heavy (non-hydrogen) atoms. The quantitative estimate of drug-likeness (QED) is 0.347. The Kier molecular flexibility index (Phi) is 9.46. The van der Waals surface area contributed by atoms with Gasteiger partial charge in [0.2, 0.25) is 0 Å². The molecule has 9 nitrogen and oxygen atoms in total. The number of rotatable bonds is 8. The van der Waals surface area contributed by atoms with Gasteiger partial charge in [-0.25, -0.2) is 23.7 Å². The Morgan fingerprint density at radius 2 is 2.08 bits per heavy atom. The van der Waals surface area contributed by atoms with Crippen molar-refractivity contribution < 1.29 is 23.4 Å². The zero-order chi connectivity index (χ0) is 26.3. The van der Waals surface area contributed by atoms with E-state index in [0.717, 1.165) is 10.3 Å². The van der Waals surface area contributed by atoms with Crippen LogP contribution in [0.25, 0.3) is 10.3 Å². The molecule has 3 atom stereocenters. The van der Waals surface area contributed by atoms with Gasteiger partial charge in [0, 0.05) is 18.9 Å². The Balaban J connectivity index is 0.00000176. The summed E-state index contributed by atoms with van der Waals surface area (Å²) in [4.78, 5) is 26.5. The smallest absolute Gasteiger partial charge is 0.255 e. The van der Waals surface area contributed by atoms with Crippen molar-refractivity contribution in [3.8, 4) is 0 Å². The highest BCUT2D eigenvalue weighted by molar-refractivity contribution is 7.16. The summed E-state index contributed by atoms with van der Waals surface area (Å²) in [6.45, 7) is 6.61.